The molecule has 6 heteroatoms. The summed E-state index contributed by atoms with van der Waals surface area (Å²) in [6, 6.07) is 6.67. The average Bonchev–Trinajstić information content (AvgIpc) is 2.31. The van der Waals surface area contributed by atoms with Gasteiger partial charge in [0, 0.05) is 5.02 Å². The molecule has 0 aliphatic heterocycles. The molecule has 0 saturated heterocycles. The van der Waals surface area contributed by atoms with Gasteiger partial charge in [0.15, 0.2) is 6.61 Å². The molecule has 1 aromatic carbocycles. The molecule has 0 atom stereocenters. The quantitative estimate of drug-likeness (QED) is 0.864. The third-order valence-corrected chi connectivity index (χ3v) is 3.40. The number of amides is 1. The Balaban J connectivity index is 1.86. The molecule has 2 rings (SSSR count). The van der Waals surface area contributed by atoms with Crippen LogP contribution in [0.4, 0.5) is 0 Å². The second kappa shape index (κ2) is 5.48. The molecule has 1 saturated carbocycles. The number of halogens is 1. The van der Waals surface area contributed by atoms with E-state index in [1.54, 1.807) is 24.3 Å². The smallest absolute Gasteiger partial charge is 0.329 e. The summed E-state index contributed by atoms with van der Waals surface area (Å²) in [6.07, 6.45) is 1.73. The van der Waals surface area contributed by atoms with Crippen molar-refractivity contribution in [1.29, 1.82) is 0 Å². The normalized spacial score (nSPS) is 16.3. The topological polar surface area (TPSA) is 75.6 Å². The maximum absolute atomic E-state index is 11.7. The van der Waals surface area contributed by atoms with Crippen molar-refractivity contribution in [3.05, 3.63) is 29.3 Å². The van der Waals surface area contributed by atoms with Gasteiger partial charge in [-0.3, -0.25) is 4.79 Å². The Morgan fingerprint density at radius 2 is 2.16 bits per heavy atom. The third-order valence-electron chi connectivity index (χ3n) is 3.16. The number of ether oxygens (including phenoxy) is 1. The largest absolute Gasteiger partial charge is 0.484 e. The SMILES string of the molecule is O=C(COc1cccc(Cl)c1)NC1(C(=O)O)CCC1. The van der Waals surface area contributed by atoms with Gasteiger partial charge in [0.1, 0.15) is 11.3 Å². The number of carbonyl (C=O) groups is 2. The molecule has 0 heterocycles. The highest BCUT2D eigenvalue weighted by Crippen LogP contribution is 2.31. The van der Waals surface area contributed by atoms with Gasteiger partial charge in [-0.15, -0.1) is 0 Å². The van der Waals surface area contributed by atoms with Crippen LogP contribution in [-0.2, 0) is 9.59 Å². The van der Waals surface area contributed by atoms with E-state index in [0.29, 0.717) is 23.6 Å². The van der Waals surface area contributed by atoms with Gasteiger partial charge in [-0.25, -0.2) is 4.79 Å². The second-order valence-corrected chi connectivity index (χ2v) is 4.97. The van der Waals surface area contributed by atoms with Crippen LogP contribution in [0.3, 0.4) is 0 Å². The lowest BCUT2D eigenvalue weighted by molar-refractivity contribution is -0.152. The van der Waals surface area contributed by atoms with Crippen LogP contribution in [0.15, 0.2) is 24.3 Å². The zero-order chi connectivity index (χ0) is 13.9. The lowest BCUT2D eigenvalue weighted by atomic mass is 9.77. The Bertz CT molecular complexity index is 499. The number of carboxylic acid groups (broad SMARTS) is 1. The average molecular weight is 284 g/mol. The van der Waals surface area contributed by atoms with Gasteiger partial charge in [0.05, 0.1) is 0 Å². The van der Waals surface area contributed by atoms with Crippen LogP contribution in [0.25, 0.3) is 0 Å². The maximum atomic E-state index is 11.7. The zero-order valence-electron chi connectivity index (χ0n) is 10.2. The van der Waals surface area contributed by atoms with E-state index in [4.69, 9.17) is 21.4 Å². The number of aliphatic carboxylic acids is 1. The molecule has 0 unspecified atom stereocenters. The number of nitrogens with one attached hydrogen (secondary N) is 1. The fourth-order valence-electron chi connectivity index (χ4n) is 1.93. The Hall–Kier alpha value is -1.75. The van der Waals surface area contributed by atoms with E-state index in [1.807, 2.05) is 0 Å². The molecule has 102 valence electrons. The molecule has 1 aliphatic carbocycles. The number of hydrogen-bond acceptors (Lipinski definition) is 3. The van der Waals surface area contributed by atoms with E-state index in [-0.39, 0.29) is 6.61 Å². The van der Waals surface area contributed by atoms with E-state index < -0.39 is 17.4 Å². The second-order valence-electron chi connectivity index (χ2n) is 4.54. The first kappa shape index (κ1) is 13.7. The summed E-state index contributed by atoms with van der Waals surface area (Å²) in [5.74, 6) is -0.961. The maximum Gasteiger partial charge on any atom is 0.329 e. The summed E-state index contributed by atoms with van der Waals surface area (Å²) < 4.78 is 5.25. The minimum Gasteiger partial charge on any atom is -0.484 e. The molecule has 0 aromatic heterocycles. The van der Waals surface area contributed by atoms with Crippen LogP contribution < -0.4 is 10.1 Å². The van der Waals surface area contributed by atoms with Crippen molar-refractivity contribution in [3.63, 3.8) is 0 Å². The van der Waals surface area contributed by atoms with Crippen LogP contribution in [0.2, 0.25) is 5.02 Å². The fourth-order valence-corrected chi connectivity index (χ4v) is 2.11. The molecule has 2 N–H and O–H groups in total. The van der Waals surface area contributed by atoms with Crippen molar-refractivity contribution in [2.75, 3.05) is 6.61 Å². The van der Waals surface area contributed by atoms with Crippen LogP contribution in [0, 0.1) is 0 Å². The molecule has 1 amide bonds. The summed E-state index contributed by atoms with van der Waals surface area (Å²) in [6.45, 7) is -0.227. The van der Waals surface area contributed by atoms with Crippen molar-refractivity contribution in [2.24, 2.45) is 0 Å². The minimum absolute atomic E-state index is 0.227. The first-order valence-electron chi connectivity index (χ1n) is 5.95. The van der Waals surface area contributed by atoms with Gasteiger partial charge in [0.2, 0.25) is 0 Å². The van der Waals surface area contributed by atoms with Crippen molar-refractivity contribution in [2.45, 2.75) is 24.8 Å². The van der Waals surface area contributed by atoms with E-state index >= 15 is 0 Å². The van der Waals surface area contributed by atoms with Crippen LogP contribution in [-0.4, -0.2) is 29.1 Å². The summed E-state index contributed by atoms with van der Waals surface area (Å²) in [4.78, 5) is 22.8. The first-order chi connectivity index (χ1) is 9.02. The number of rotatable bonds is 5. The summed E-state index contributed by atoms with van der Waals surface area (Å²) in [5, 5.41) is 12.1. The zero-order valence-corrected chi connectivity index (χ0v) is 10.9. The molecule has 1 aliphatic rings. The first-order valence-corrected chi connectivity index (χ1v) is 6.32. The summed E-state index contributed by atoms with van der Waals surface area (Å²) >= 11 is 5.78. The predicted octanol–water partition coefficient (Wildman–Crippen LogP) is 1.84. The van der Waals surface area contributed by atoms with Crippen LogP contribution in [0.1, 0.15) is 19.3 Å². The highest BCUT2D eigenvalue weighted by molar-refractivity contribution is 6.30. The van der Waals surface area contributed by atoms with E-state index in [0.717, 1.165) is 6.42 Å². The molecule has 0 spiro atoms. The molecule has 1 aromatic rings. The molecule has 0 radical (unpaired) electrons. The third kappa shape index (κ3) is 3.17. The van der Waals surface area contributed by atoms with E-state index in [9.17, 15) is 9.59 Å². The Labute approximate surface area is 115 Å². The van der Waals surface area contributed by atoms with Crippen LogP contribution in [0.5, 0.6) is 5.75 Å². The highest BCUT2D eigenvalue weighted by atomic mass is 35.5. The standard InChI is InChI=1S/C13H14ClNO4/c14-9-3-1-4-10(7-9)19-8-11(16)15-13(12(17)18)5-2-6-13/h1,3-4,7H,2,5-6,8H2,(H,15,16)(H,17,18). The van der Waals surface area contributed by atoms with Crippen molar-refractivity contribution in [3.8, 4) is 5.75 Å². The molecule has 1 fully saturated rings. The van der Waals surface area contributed by atoms with E-state index in [2.05, 4.69) is 5.32 Å². The molecule has 0 bridgehead atoms. The minimum atomic E-state index is -1.10. The van der Waals surface area contributed by atoms with Crippen molar-refractivity contribution < 1.29 is 19.4 Å². The molecular formula is C13H14ClNO4. The molecule has 19 heavy (non-hydrogen) atoms. The van der Waals surface area contributed by atoms with Gasteiger partial charge in [0.25, 0.3) is 5.91 Å². The van der Waals surface area contributed by atoms with Gasteiger partial charge < -0.3 is 15.2 Å². The molecular weight excluding hydrogens is 270 g/mol. The fraction of sp³-hybridized carbons (Fsp3) is 0.385. The number of hydrogen-bond donors (Lipinski definition) is 2. The van der Waals surface area contributed by atoms with Crippen LogP contribution >= 0.6 is 11.6 Å². The van der Waals surface area contributed by atoms with Gasteiger partial charge in [-0.1, -0.05) is 17.7 Å². The monoisotopic (exact) mass is 283 g/mol. The predicted molar refractivity (Wildman–Crippen MR) is 69.3 cm³/mol. The number of benzene rings is 1. The van der Waals surface area contributed by atoms with Crippen molar-refractivity contribution in [1.82, 2.24) is 5.32 Å². The van der Waals surface area contributed by atoms with Crippen molar-refractivity contribution >= 4 is 23.5 Å². The lowest BCUT2D eigenvalue weighted by Gasteiger charge is -2.38. The lowest BCUT2D eigenvalue weighted by Crippen LogP contribution is -2.59. The Morgan fingerprint density at radius 3 is 2.68 bits per heavy atom. The Morgan fingerprint density at radius 1 is 1.42 bits per heavy atom. The molecule has 5 nitrogen and oxygen atoms in total. The Kier molecular flexibility index (Phi) is 3.95. The highest BCUT2D eigenvalue weighted by Gasteiger charge is 2.45. The number of carbonyl (C=O) groups excluding carboxylic acids is 1. The number of carboxylic acids is 1. The van der Waals surface area contributed by atoms with E-state index in [1.165, 1.54) is 0 Å². The van der Waals surface area contributed by atoms with Gasteiger partial charge >= 0.3 is 5.97 Å². The van der Waals surface area contributed by atoms with Gasteiger partial charge in [-0.05, 0) is 37.5 Å². The van der Waals surface area contributed by atoms with Gasteiger partial charge in [-0.2, -0.15) is 0 Å². The summed E-state index contributed by atoms with van der Waals surface area (Å²) in [5.41, 5.74) is -1.10. The summed E-state index contributed by atoms with van der Waals surface area (Å²) in [7, 11) is 0.